The van der Waals surface area contributed by atoms with Gasteiger partial charge in [0.1, 0.15) is 12.0 Å². The molecule has 2 heterocycles. The molecule has 1 aliphatic heterocycles. The van der Waals surface area contributed by atoms with Gasteiger partial charge in [0.15, 0.2) is 0 Å². The zero-order valence-electron chi connectivity index (χ0n) is 15.0. The summed E-state index contributed by atoms with van der Waals surface area (Å²) in [6, 6.07) is 3.10. The Morgan fingerprint density at radius 3 is 2.54 bits per heavy atom. The van der Waals surface area contributed by atoms with Crippen molar-refractivity contribution in [2.75, 3.05) is 25.0 Å². The molecule has 1 atom stereocenters. The number of nitro groups is 1. The molecule has 10 heteroatoms. The molecule has 0 radical (unpaired) electrons. The van der Waals surface area contributed by atoms with Crippen LogP contribution in [-0.4, -0.2) is 46.4 Å². The number of aromatic nitrogens is 1. The van der Waals surface area contributed by atoms with Gasteiger partial charge in [-0.1, -0.05) is 13.8 Å². The molecular formula is C16H27Cl2N5O3. The number of carbonyl (C=O) groups excluding carboxylic acids is 1. The van der Waals surface area contributed by atoms with E-state index in [9.17, 15) is 14.9 Å². The largest absolute Gasteiger partial charge is 0.365 e. The van der Waals surface area contributed by atoms with Gasteiger partial charge in [0.05, 0.1) is 10.3 Å². The first kappa shape index (κ1) is 24.4. The molecule has 0 aliphatic carbocycles. The van der Waals surface area contributed by atoms with E-state index >= 15 is 0 Å². The number of rotatable bonds is 7. The van der Waals surface area contributed by atoms with Crippen molar-refractivity contribution in [3.05, 3.63) is 28.4 Å². The SMILES string of the molecule is CCC(CC)(CN)C(=O)N1CCC(Nc2ccc([N+](=O)[O-])cn2)C1.Cl.Cl. The van der Waals surface area contributed by atoms with Crippen molar-refractivity contribution < 1.29 is 9.72 Å². The molecule has 148 valence electrons. The summed E-state index contributed by atoms with van der Waals surface area (Å²) in [6.45, 7) is 5.64. The molecule has 1 aromatic heterocycles. The summed E-state index contributed by atoms with van der Waals surface area (Å²) >= 11 is 0. The van der Waals surface area contributed by atoms with Crippen LogP contribution in [0.25, 0.3) is 0 Å². The van der Waals surface area contributed by atoms with Gasteiger partial charge in [-0.3, -0.25) is 14.9 Å². The van der Waals surface area contributed by atoms with Crippen molar-refractivity contribution in [2.24, 2.45) is 11.1 Å². The van der Waals surface area contributed by atoms with Gasteiger partial charge in [0, 0.05) is 31.7 Å². The van der Waals surface area contributed by atoms with E-state index in [0.717, 1.165) is 19.3 Å². The number of pyridine rings is 1. The summed E-state index contributed by atoms with van der Waals surface area (Å²) in [5.74, 6) is 0.701. The fraction of sp³-hybridized carbons (Fsp3) is 0.625. The van der Waals surface area contributed by atoms with Gasteiger partial charge in [0.25, 0.3) is 5.69 Å². The van der Waals surface area contributed by atoms with Gasteiger partial charge < -0.3 is 16.0 Å². The third-order valence-corrected chi connectivity index (χ3v) is 4.98. The first-order chi connectivity index (χ1) is 11.5. The number of carbonyl (C=O) groups is 1. The maximum atomic E-state index is 12.8. The molecule has 0 bridgehead atoms. The zero-order valence-corrected chi connectivity index (χ0v) is 16.6. The third-order valence-electron chi connectivity index (χ3n) is 4.98. The van der Waals surface area contributed by atoms with Crippen molar-refractivity contribution in [3.63, 3.8) is 0 Å². The van der Waals surface area contributed by atoms with E-state index in [1.165, 1.54) is 12.3 Å². The Morgan fingerprint density at radius 1 is 1.42 bits per heavy atom. The lowest BCUT2D eigenvalue weighted by molar-refractivity contribution is -0.385. The average Bonchev–Trinajstić information content (AvgIpc) is 3.05. The van der Waals surface area contributed by atoms with Gasteiger partial charge in [-0.25, -0.2) is 4.98 Å². The Bertz CT molecular complexity index is 588. The highest BCUT2D eigenvalue weighted by atomic mass is 35.5. The van der Waals surface area contributed by atoms with Crippen molar-refractivity contribution in [1.82, 2.24) is 9.88 Å². The second-order valence-electron chi connectivity index (χ2n) is 6.23. The topological polar surface area (TPSA) is 114 Å². The molecule has 1 aromatic rings. The Morgan fingerprint density at radius 2 is 2.08 bits per heavy atom. The molecule has 1 fully saturated rings. The maximum Gasteiger partial charge on any atom is 0.287 e. The number of nitrogens with zero attached hydrogens (tertiary/aromatic N) is 3. The summed E-state index contributed by atoms with van der Waals surface area (Å²) in [5.41, 5.74) is 5.35. The summed E-state index contributed by atoms with van der Waals surface area (Å²) in [7, 11) is 0. The van der Waals surface area contributed by atoms with Crippen molar-refractivity contribution >= 4 is 42.2 Å². The molecule has 1 unspecified atom stereocenters. The van der Waals surface area contributed by atoms with E-state index in [1.807, 2.05) is 18.7 Å². The van der Waals surface area contributed by atoms with Crippen LogP contribution in [-0.2, 0) is 4.79 Å². The molecule has 1 aliphatic rings. The lowest BCUT2D eigenvalue weighted by atomic mass is 9.81. The van der Waals surface area contributed by atoms with E-state index in [-0.39, 0.29) is 42.5 Å². The lowest BCUT2D eigenvalue weighted by Gasteiger charge is -2.33. The van der Waals surface area contributed by atoms with E-state index in [1.54, 1.807) is 6.07 Å². The molecule has 0 spiro atoms. The van der Waals surface area contributed by atoms with Crippen LogP contribution in [0.2, 0.25) is 0 Å². The molecular weight excluding hydrogens is 381 g/mol. The van der Waals surface area contributed by atoms with E-state index < -0.39 is 10.3 Å². The number of nitrogens with one attached hydrogen (secondary N) is 1. The number of nitrogens with two attached hydrogens (primary N) is 1. The molecule has 1 saturated heterocycles. The van der Waals surface area contributed by atoms with Crippen LogP contribution in [0.1, 0.15) is 33.1 Å². The van der Waals surface area contributed by atoms with Gasteiger partial charge in [0.2, 0.25) is 5.91 Å². The molecule has 0 saturated carbocycles. The standard InChI is InChI=1S/C16H25N5O3.2ClH/c1-3-16(4-2,11-17)15(22)20-8-7-12(10-20)19-14-6-5-13(9-18-14)21(23)24;;/h5-6,9,12H,3-4,7-8,10-11,17H2,1-2H3,(H,18,19);2*1H. The molecule has 3 N–H and O–H groups in total. The fourth-order valence-corrected chi connectivity index (χ4v) is 3.11. The predicted octanol–water partition coefficient (Wildman–Crippen LogP) is 2.61. The second-order valence-corrected chi connectivity index (χ2v) is 6.23. The Hall–Kier alpha value is -1.64. The molecule has 1 amide bonds. The van der Waals surface area contributed by atoms with E-state index in [2.05, 4.69) is 10.3 Å². The first-order valence-electron chi connectivity index (χ1n) is 8.32. The van der Waals surface area contributed by atoms with Gasteiger partial charge in [-0.15, -0.1) is 24.8 Å². The predicted molar refractivity (Wildman–Crippen MR) is 106 cm³/mol. The second kappa shape index (κ2) is 10.5. The smallest absolute Gasteiger partial charge is 0.287 e. The summed E-state index contributed by atoms with van der Waals surface area (Å²) in [6.07, 6.45) is 3.51. The third kappa shape index (κ3) is 5.18. The van der Waals surface area contributed by atoms with Gasteiger partial charge in [-0.2, -0.15) is 0 Å². The normalized spacial score (nSPS) is 16.4. The highest BCUT2D eigenvalue weighted by molar-refractivity contribution is 5.85. The van der Waals surface area contributed by atoms with Crippen LogP contribution in [0.5, 0.6) is 0 Å². The number of hydrogen-bond acceptors (Lipinski definition) is 6. The number of likely N-dealkylation sites (tertiary alicyclic amines) is 1. The highest BCUT2D eigenvalue weighted by Gasteiger charge is 2.39. The van der Waals surface area contributed by atoms with Crippen molar-refractivity contribution in [2.45, 2.75) is 39.2 Å². The number of amides is 1. The minimum Gasteiger partial charge on any atom is -0.365 e. The van der Waals surface area contributed by atoms with Crippen LogP contribution in [0.4, 0.5) is 11.5 Å². The number of hydrogen-bond donors (Lipinski definition) is 2. The van der Waals surface area contributed by atoms with Crippen LogP contribution in [0.15, 0.2) is 18.3 Å². The number of anilines is 1. The Balaban J connectivity index is 0.00000312. The number of halogens is 2. The van der Waals surface area contributed by atoms with Crippen molar-refractivity contribution in [3.8, 4) is 0 Å². The van der Waals surface area contributed by atoms with Gasteiger partial charge >= 0.3 is 0 Å². The lowest BCUT2D eigenvalue weighted by Crippen LogP contribution is -2.47. The van der Waals surface area contributed by atoms with Crippen LogP contribution in [0.3, 0.4) is 0 Å². The maximum absolute atomic E-state index is 12.8. The summed E-state index contributed by atoms with van der Waals surface area (Å²) in [4.78, 5) is 28.9. The van der Waals surface area contributed by atoms with Crippen molar-refractivity contribution in [1.29, 1.82) is 0 Å². The Kier molecular flexibility index (Phi) is 9.83. The first-order valence-corrected chi connectivity index (χ1v) is 8.32. The van der Waals surface area contributed by atoms with Crippen LogP contribution in [0, 0.1) is 15.5 Å². The van der Waals surface area contributed by atoms with Crippen LogP contribution >= 0.6 is 24.8 Å². The van der Waals surface area contributed by atoms with E-state index in [0.29, 0.717) is 25.5 Å². The monoisotopic (exact) mass is 407 g/mol. The molecule has 26 heavy (non-hydrogen) atoms. The molecule has 2 rings (SSSR count). The minimum absolute atomic E-state index is 0. The average molecular weight is 408 g/mol. The van der Waals surface area contributed by atoms with Gasteiger partial charge in [-0.05, 0) is 25.3 Å². The summed E-state index contributed by atoms with van der Waals surface area (Å²) < 4.78 is 0. The Labute approximate surface area is 165 Å². The zero-order chi connectivity index (χ0) is 17.7. The molecule has 0 aromatic carbocycles. The van der Waals surface area contributed by atoms with Crippen LogP contribution < -0.4 is 11.1 Å². The summed E-state index contributed by atoms with van der Waals surface area (Å²) in [5, 5.41) is 13.9. The highest BCUT2D eigenvalue weighted by Crippen LogP contribution is 2.30. The quantitative estimate of drug-likeness (QED) is 0.530. The minimum atomic E-state index is -0.478. The molecule has 8 nitrogen and oxygen atoms in total. The van der Waals surface area contributed by atoms with E-state index in [4.69, 9.17) is 5.73 Å². The fourth-order valence-electron chi connectivity index (χ4n) is 3.11.